The zero-order valence-corrected chi connectivity index (χ0v) is 12.7. The number of hydrogen-bond donors (Lipinski definition) is 0. The summed E-state index contributed by atoms with van der Waals surface area (Å²) in [4.78, 5) is 14.1. The number of para-hydroxylation sites is 1. The Balaban J connectivity index is 2.95. The molecule has 0 unspecified atom stereocenters. The third kappa shape index (κ3) is 4.93. The van der Waals surface area contributed by atoms with Crippen molar-refractivity contribution in [1.82, 2.24) is 0 Å². The van der Waals surface area contributed by atoms with Crippen molar-refractivity contribution in [3.05, 3.63) is 29.8 Å². The highest BCUT2D eigenvalue weighted by atomic mass is 16.6. The summed E-state index contributed by atoms with van der Waals surface area (Å²) >= 11 is 0. The Morgan fingerprint density at radius 1 is 1.26 bits per heavy atom. The Morgan fingerprint density at radius 3 is 2.42 bits per heavy atom. The van der Waals surface area contributed by atoms with Gasteiger partial charge in [-0.15, -0.1) is 0 Å². The Kier molecular flexibility index (Phi) is 5.40. The van der Waals surface area contributed by atoms with Gasteiger partial charge in [0.05, 0.1) is 0 Å². The second-order valence-electron chi connectivity index (χ2n) is 5.77. The third-order valence-corrected chi connectivity index (χ3v) is 2.76. The van der Waals surface area contributed by atoms with Gasteiger partial charge in [-0.3, -0.25) is 4.90 Å². The Morgan fingerprint density at radius 2 is 1.89 bits per heavy atom. The predicted octanol–water partition coefficient (Wildman–Crippen LogP) is 4.54. The molecule has 3 nitrogen and oxygen atoms in total. The third-order valence-electron chi connectivity index (χ3n) is 2.76. The number of rotatable bonds is 4. The predicted molar refractivity (Wildman–Crippen MR) is 79.7 cm³/mol. The van der Waals surface area contributed by atoms with Crippen LogP contribution in [0.3, 0.4) is 0 Å². The molecule has 0 aliphatic heterocycles. The summed E-state index contributed by atoms with van der Waals surface area (Å²) in [5, 5.41) is 0. The number of hydrogen-bond acceptors (Lipinski definition) is 2. The Labute approximate surface area is 116 Å². The van der Waals surface area contributed by atoms with Crippen LogP contribution in [-0.4, -0.2) is 18.2 Å². The van der Waals surface area contributed by atoms with E-state index in [-0.39, 0.29) is 6.09 Å². The van der Waals surface area contributed by atoms with Crippen molar-refractivity contribution in [1.29, 1.82) is 0 Å². The van der Waals surface area contributed by atoms with Gasteiger partial charge in [0.25, 0.3) is 0 Å². The second-order valence-corrected chi connectivity index (χ2v) is 5.77. The summed E-state index contributed by atoms with van der Waals surface area (Å²) in [7, 11) is 0. The van der Waals surface area contributed by atoms with E-state index in [9.17, 15) is 4.79 Å². The van der Waals surface area contributed by atoms with E-state index in [4.69, 9.17) is 4.74 Å². The molecule has 0 saturated heterocycles. The van der Waals surface area contributed by atoms with Gasteiger partial charge in [0.1, 0.15) is 5.60 Å². The van der Waals surface area contributed by atoms with Crippen molar-refractivity contribution in [2.45, 2.75) is 53.1 Å². The smallest absolute Gasteiger partial charge is 0.414 e. The summed E-state index contributed by atoms with van der Waals surface area (Å²) in [6, 6.07) is 7.91. The minimum atomic E-state index is -0.468. The summed E-state index contributed by atoms with van der Waals surface area (Å²) in [5.74, 6) is 0. The lowest BCUT2D eigenvalue weighted by Gasteiger charge is -2.28. The maximum absolute atomic E-state index is 12.3. The van der Waals surface area contributed by atoms with Gasteiger partial charge in [0.15, 0.2) is 0 Å². The molecule has 1 aromatic carbocycles. The molecular weight excluding hydrogens is 238 g/mol. The number of nitrogens with zero attached hydrogens (tertiary/aromatic N) is 1. The van der Waals surface area contributed by atoms with Crippen LogP contribution in [0.2, 0.25) is 0 Å². The molecule has 0 saturated carbocycles. The highest BCUT2D eigenvalue weighted by Gasteiger charge is 2.23. The van der Waals surface area contributed by atoms with Gasteiger partial charge in [-0.25, -0.2) is 4.79 Å². The van der Waals surface area contributed by atoms with Gasteiger partial charge in [-0.05, 0) is 45.7 Å². The van der Waals surface area contributed by atoms with Gasteiger partial charge in [0.2, 0.25) is 0 Å². The number of benzene rings is 1. The van der Waals surface area contributed by atoms with Crippen LogP contribution in [0.15, 0.2) is 24.3 Å². The molecule has 1 amide bonds. The molecule has 0 aliphatic rings. The average molecular weight is 263 g/mol. The lowest BCUT2D eigenvalue weighted by Crippen LogP contribution is -2.37. The largest absolute Gasteiger partial charge is 0.443 e. The number of aryl methyl sites for hydroxylation is 1. The number of amides is 1. The maximum Gasteiger partial charge on any atom is 0.414 e. The first-order valence-electron chi connectivity index (χ1n) is 6.91. The lowest BCUT2D eigenvalue weighted by molar-refractivity contribution is 0.0579. The molecule has 0 radical (unpaired) electrons. The molecule has 0 atom stereocenters. The molecule has 106 valence electrons. The van der Waals surface area contributed by atoms with E-state index >= 15 is 0 Å². The normalized spacial score (nSPS) is 11.2. The Bertz CT molecular complexity index is 421. The van der Waals surface area contributed by atoms with Crippen molar-refractivity contribution in [2.75, 3.05) is 11.4 Å². The minimum Gasteiger partial charge on any atom is -0.443 e. The van der Waals surface area contributed by atoms with E-state index in [1.54, 1.807) is 4.90 Å². The Hall–Kier alpha value is -1.51. The molecule has 1 rings (SSSR count). The van der Waals surface area contributed by atoms with Crippen LogP contribution in [0.25, 0.3) is 0 Å². The molecule has 3 heteroatoms. The molecule has 19 heavy (non-hydrogen) atoms. The van der Waals surface area contributed by atoms with Gasteiger partial charge >= 0.3 is 6.09 Å². The summed E-state index contributed by atoms with van der Waals surface area (Å²) < 4.78 is 5.49. The summed E-state index contributed by atoms with van der Waals surface area (Å²) in [6.45, 7) is 10.5. The van der Waals surface area contributed by atoms with E-state index in [1.807, 2.05) is 52.0 Å². The van der Waals surface area contributed by atoms with E-state index in [2.05, 4.69) is 6.92 Å². The van der Waals surface area contributed by atoms with Gasteiger partial charge in [-0.2, -0.15) is 0 Å². The first kappa shape index (κ1) is 15.5. The van der Waals surface area contributed by atoms with Gasteiger partial charge in [0, 0.05) is 12.2 Å². The number of unbranched alkanes of at least 4 members (excludes halogenated alkanes) is 1. The molecule has 0 bridgehead atoms. The maximum atomic E-state index is 12.3. The fraction of sp³-hybridized carbons (Fsp3) is 0.562. The van der Waals surface area contributed by atoms with E-state index in [0.717, 1.165) is 24.1 Å². The first-order chi connectivity index (χ1) is 8.85. The molecular formula is C16H25NO2. The molecule has 0 fully saturated rings. The van der Waals surface area contributed by atoms with Crippen molar-refractivity contribution in [3.8, 4) is 0 Å². The van der Waals surface area contributed by atoms with Crippen LogP contribution >= 0.6 is 0 Å². The fourth-order valence-corrected chi connectivity index (χ4v) is 1.81. The van der Waals surface area contributed by atoms with E-state index < -0.39 is 5.60 Å². The van der Waals surface area contributed by atoms with Crippen molar-refractivity contribution >= 4 is 11.8 Å². The fourth-order valence-electron chi connectivity index (χ4n) is 1.81. The highest BCUT2D eigenvalue weighted by molar-refractivity contribution is 5.88. The van der Waals surface area contributed by atoms with Crippen molar-refractivity contribution < 1.29 is 9.53 Å². The standard InChI is InChI=1S/C16H25NO2/c1-6-7-12-17(15(18)19-16(3,4)5)14-11-9-8-10-13(14)2/h8-11H,6-7,12H2,1-5H3. The van der Waals surface area contributed by atoms with Crippen molar-refractivity contribution in [3.63, 3.8) is 0 Å². The van der Waals surface area contributed by atoms with Crippen LogP contribution < -0.4 is 4.90 Å². The second kappa shape index (κ2) is 6.60. The molecule has 0 spiro atoms. The van der Waals surface area contributed by atoms with Crippen LogP contribution in [-0.2, 0) is 4.74 Å². The zero-order valence-electron chi connectivity index (χ0n) is 12.7. The molecule has 0 heterocycles. The first-order valence-corrected chi connectivity index (χ1v) is 6.91. The van der Waals surface area contributed by atoms with E-state index in [0.29, 0.717) is 6.54 Å². The number of carbonyl (C=O) groups excluding carboxylic acids is 1. The lowest BCUT2D eigenvalue weighted by atomic mass is 10.1. The summed E-state index contributed by atoms with van der Waals surface area (Å²) in [6.07, 6.45) is 1.74. The quantitative estimate of drug-likeness (QED) is 0.798. The molecule has 1 aromatic rings. The van der Waals surface area contributed by atoms with Crippen molar-refractivity contribution in [2.24, 2.45) is 0 Å². The molecule has 0 N–H and O–H groups in total. The van der Waals surface area contributed by atoms with Crippen LogP contribution in [0.4, 0.5) is 10.5 Å². The van der Waals surface area contributed by atoms with Gasteiger partial charge in [-0.1, -0.05) is 31.5 Å². The zero-order chi connectivity index (χ0) is 14.5. The monoisotopic (exact) mass is 263 g/mol. The van der Waals surface area contributed by atoms with Crippen LogP contribution in [0, 0.1) is 6.92 Å². The van der Waals surface area contributed by atoms with Crippen LogP contribution in [0.1, 0.15) is 46.1 Å². The highest BCUT2D eigenvalue weighted by Crippen LogP contribution is 2.22. The van der Waals surface area contributed by atoms with E-state index in [1.165, 1.54) is 0 Å². The number of ether oxygens (including phenoxy) is 1. The number of carbonyl (C=O) groups is 1. The molecule has 0 aromatic heterocycles. The average Bonchev–Trinajstić information content (AvgIpc) is 2.29. The minimum absolute atomic E-state index is 0.268. The van der Waals surface area contributed by atoms with Crippen LogP contribution in [0.5, 0.6) is 0 Å². The SMILES string of the molecule is CCCCN(C(=O)OC(C)(C)C)c1ccccc1C. The van der Waals surface area contributed by atoms with Gasteiger partial charge < -0.3 is 4.74 Å². The summed E-state index contributed by atoms with van der Waals surface area (Å²) in [5.41, 5.74) is 1.55. The topological polar surface area (TPSA) is 29.5 Å². The molecule has 0 aliphatic carbocycles. The number of anilines is 1.